The number of rotatable bonds is 2. The molecular weight excluding hydrogens is 134 g/mol. The molecule has 62 valence electrons. The minimum atomic E-state index is 0.659. The molecule has 11 heavy (non-hydrogen) atoms. The van der Waals surface area contributed by atoms with E-state index in [9.17, 15) is 0 Å². The summed E-state index contributed by atoms with van der Waals surface area (Å²) in [6.45, 7) is 4.28. The van der Waals surface area contributed by atoms with E-state index in [1.807, 2.05) is 25.2 Å². The van der Waals surface area contributed by atoms with E-state index in [1.165, 1.54) is 12.8 Å². The number of nitrogens with two attached hydrogens (primary N) is 1. The lowest BCUT2D eigenvalue weighted by molar-refractivity contribution is 0.235. The summed E-state index contributed by atoms with van der Waals surface area (Å²) in [5.41, 5.74) is 6.92. The molecule has 2 N–H and O–H groups in total. The predicted molar refractivity (Wildman–Crippen MR) is 49.0 cm³/mol. The van der Waals surface area contributed by atoms with Gasteiger partial charge in [0.1, 0.15) is 0 Å². The highest BCUT2D eigenvalue weighted by molar-refractivity contribution is 5.14. The normalized spacial score (nSPS) is 32.4. The molecule has 1 nitrogen and oxygen atoms in total. The SMILES string of the molecule is C/C=C/C=C(/N)C1CCC1C. The van der Waals surface area contributed by atoms with E-state index in [0.29, 0.717) is 5.92 Å². The molecular formula is C10H17N. The van der Waals surface area contributed by atoms with Crippen LogP contribution >= 0.6 is 0 Å². The first-order valence-corrected chi connectivity index (χ1v) is 4.34. The lowest BCUT2D eigenvalue weighted by atomic mass is 9.73. The van der Waals surface area contributed by atoms with E-state index < -0.39 is 0 Å². The Hall–Kier alpha value is -0.720. The third-order valence-corrected chi connectivity index (χ3v) is 2.53. The van der Waals surface area contributed by atoms with Crippen LogP contribution < -0.4 is 5.73 Å². The summed E-state index contributed by atoms with van der Waals surface area (Å²) in [6, 6.07) is 0. The quantitative estimate of drug-likeness (QED) is 0.603. The summed E-state index contributed by atoms with van der Waals surface area (Å²) in [7, 11) is 0. The Bertz CT molecular complexity index is 179. The molecule has 1 aliphatic carbocycles. The molecule has 0 heterocycles. The molecule has 0 aromatic rings. The van der Waals surface area contributed by atoms with Crippen LogP contribution in [0.4, 0.5) is 0 Å². The predicted octanol–water partition coefficient (Wildman–Crippen LogP) is 2.45. The molecule has 1 fully saturated rings. The van der Waals surface area contributed by atoms with Gasteiger partial charge in [-0.3, -0.25) is 0 Å². The number of hydrogen-bond acceptors (Lipinski definition) is 1. The largest absolute Gasteiger partial charge is 0.402 e. The van der Waals surface area contributed by atoms with Crippen molar-refractivity contribution in [3.05, 3.63) is 23.9 Å². The standard InChI is InChI=1S/C10H17N/c1-3-4-5-10(11)9-7-6-8(9)2/h3-5,8-9H,6-7,11H2,1-2H3/b4-3+,10-5+. The Morgan fingerprint density at radius 2 is 2.18 bits per heavy atom. The highest BCUT2D eigenvalue weighted by atomic mass is 14.6. The lowest BCUT2D eigenvalue weighted by Crippen LogP contribution is -2.28. The Labute approximate surface area is 69.0 Å². The summed E-state index contributed by atoms with van der Waals surface area (Å²) >= 11 is 0. The van der Waals surface area contributed by atoms with Crippen molar-refractivity contribution in [2.24, 2.45) is 17.6 Å². The van der Waals surface area contributed by atoms with Crippen LogP contribution in [0.1, 0.15) is 26.7 Å². The maximum absolute atomic E-state index is 5.87. The number of allylic oxidation sites excluding steroid dienone is 4. The average Bonchev–Trinajstić information content (AvgIpc) is 1.98. The molecule has 0 aromatic carbocycles. The minimum absolute atomic E-state index is 0.659. The molecule has 0 bridgehead atoms. The van der Waals surface area contributed by atoms with Gasteiger partial charge in [0.15, 0.2) is 0 Å². The smallest absolute Gasteiger partial charge is 0.0115 e. The molecule has 0 aliphatic heterocycles. The Morgan fingerprint density at radius 3 is 2.55 bits per heavy atom. The fourth-order valence-corrected chi connectivity index (χ4v) is 1.49. The van der Waals surface area contributed by atoms with Gasteiger partial charge in [0.05, 0.1) is 0 Å². The third kappa shape index (κ3) is 1.86. The van der Waals surface area contributed by atoms with Crippen LogP contribution in [-0.4, -0.2) is 0 Å². The Kier molecular flexibility index (Phi) is 2.75. The van der Waals surface area contributed by atoms with Crippen molar-refractivity contribution in [3.63, 3.8) is 0 Å². The first kappa shape index (κ1) is 8.38. The van der Waals surface area contributed by atoms with Gasteiger partial charge in [0, 0.05) is 11.6 Å². The zero-order chi connectivity index (χ0) is 8.27. The fraction of sp³-hybridized carbons (Fsp3) is 0.600. The van der Waals surface area contributed by atoms with Gasteiger partial charge in [-0.1, -0.05) is 19.1 Å². The third-order valence-electron chi connectivity index (χ3n) is 2.53. The molecule has 1 aliphatic rings. The second-order valence-corrected chi connectivity index (χ2v) is 3.35. The first-order valence-electron chi connectivity index (χ1n) is 4.34. The van der Waals surface area contributed by atoms with E-state index >= 15 is 0 Å². The van der Waals surface area contributed by atoms with Crippen LogP contribution in [0.2, 0.25) is 0 Å². The van der Waals surface area contributed by atoms with Gasteiger partial charge >= 0.3 is 0 Å². The van der Waals surface area contributed by atoms with Crippen LogP contribution in [0.3, 0.4) is 0 Å². The van der Waals surface area contributed by atoms with E-state index in [1.54, 1.807) is 0 Å². The van der Waals surface area contributed by atoms with Gasteiger partial charge in [-0.25, -0.2) is 0 Å². The van der Waals surface area contributed by atoms with E-state index in [0.717, 1.165) is 11.6 Å². The summed E-state index contributed by atoms with van der Waals surface area (Å²) in [4.78, 5) is 0. The van der Waals surface area contributed by atoms with Gasteiger partial charge in [-0.05, 0) is 31.8 Å². The van der Waals surface area contributed by atoms with Crippen molar-refractivity contribution < 1.29 is 0 Å². The Balaban J connectivity index is 2.46. The van der Waals surface area contributed by atoms with Gasteiger partial charge < -0.3 is 5.73 Å². The van der Waals surface area contributed by atoms with E-state index in [-0.39, 0.29) is 0 Å². The maximum atomic E-state index is 5.87. The topological polar surface area (TPSA) is 26.0 Å². The van der Waals surface area contributed by atoms with Crippen LogP contribution in [0, 0.1) is 11.8 Å². The summed E-state index contributed by atoms with van der Waals surface area (Å²) in [5.74, 6) is 1.46. The first-order chi connectivity index (χ1) is 5.25. The van der Waals surface area contributed by atoms with Gasteiger partial charge in [-0.2, -0.15) is 0 Å². The van der Waals surface area contributed by atoms with Crippen LogP contribution in [0.5, 0.6) is 0 Å². The zero-order valence-electron chi connectivity index (χ0n) is 7.38. The number of hydrogen-bond donors (Lipinski definition) is 1. The molecule has 1 saturated carbocycles. The molecule has 1 rings (SSSR count). The second kappa shape index (κ2) is 3.61. The van der Waals surface area contributed by atoms with Crippen molar-refractivity contribution in [1.82, 2.24) is 0 Å². The van der Waals surface area contributed by atoms with Gasteiger partial charge in [-0.15, -0.1) is 0 Å². The molecule has 0 radical (unpaired) electrons. The van der Waals surface area contributed by atoms with E-state index in [4.69, 9.17) is 5.73 Å². The minimum Gasteiger partial charge on any atom is -0.402 e. The highest BCUT2D eigenvalue weighted by Crippen LogP contribution is 2.36. The molecule has 0 amide bonds. The van der Waals surface area contributed by atoms with Crippen molar-refractivity contribution in [2.75, 3.05) is 0 Å². The van der Waals surface area contributed by atoms with Crippen molar-refractivity contribution >= 4 is 0 Å². The van der Waals surface area contributed by atoms with Crippen LogP contribution in [0.25, 0.3) is 0 Å². The monoisotopic (exact) mass is 151 g/mol. The highest BCUT2D eigenvalue weighted by Gasteiger charge is 2.27. The van der Waals surface area contributed by atoms with Crippen LogP contribution in [0.15, 0.2) is 23.9 Å². The summed E-state index contributed by atoms with van der Waals surface area (Å²) in [5, 5.41) is 0. The summed E-state index contributed by atoms with van der Waals surface area (Å²) in [6.07, 6.45) is 8.67. The lowest BCUT2D eigenvalue weighted by Gasteiger charge is -2.34. The van der Waals surface area contributed by atoms with Crippen molar-refractivity contribution in [1.29, 1.82) is 0 Å². The van der Waals surface area contributed by atoms with Gasteiger partial charge in [0.2, 0.25) is 0 Å². The van der Waals surface area contributed by atoms with Crippen molar-refractivity contribution in [2.45, 2.75) is 26.7 Å². The molecule has 2 unspecified atom stereocenters. The molecule has 2 atom stereocenters. The molecule has 0 spiro atoms. The fourth-order valence-electron chi connectivity index (χ4n) is 1.49. The van der Waals surface area contributed by atoms with E-state index in [2.05, 4.69) is 6.92 Å². The van der Waals surface area contributed by atoms with Crippen LogP contribution in [-0.2, 0) is 0 Å². The average molecular weight is 151 g/mol. The summed E-state index contributed by atoms with van der Waals surface area (Å²) < 4.78 is 0. The zero-order valence-corrected chi connectivity index (χ0v) is 7.38. The molecule has 1 heteroatoms. The second-order valence-electron chi connectivity index (χ2n) is 3.35. The van der Waals surface area contributed by atoms with Crippen molar-refractivity contribution in [3.8, 4) is 0 Å². The molecule has 0 aromatic heterocycles. The van der Waals surface area contributed by atoms with Gasteiger partial charge in [0.25, 0.3) is 0 Å². The molecule has 0 saturated heterocycles. The maximum Gasteiger partial charge on any atom is 0.0115 e. The Morgan fingerprint density at radius 1 is 1.45 bits per heavy atom.